The number of hydrogen-bond acceptors (Lipinski definition) is 2. The molecule has 96 valence electrons. The third-order valence-electron chi connectivity index (χ3n) is 3.68. The summed E-state index contributed by atoms with van der Waals surface area (Å²) in [5.41, 5.74) is 2.27. The lowest BCUT2D eigenvalue weighted by Gasteiger charge is -2.10. The molecule has 1 unspecified atom stereocenters. The van der Waals surface area contributed by atoms with E-state index in [4.69, 9.17) is 16.3 Å². The van der Waals surface area contributed by atoms with E-state index in [9.17, 15) is 0 Å². The highest BCUT2D eigenvalue weighted by Gasteiger charge is 2.18. The molecular weight excluding hydrogens is 248 g/mol. The fourth-order valence-corrected chi connectivity index (χ4v) is 3.05. The molecule has 2 heterocycles. The maximum Gasteiger partial charge on any atom is 0.143 e. The average Bonchev–Trinajstić information content (AvgIpc) is 3.01. The van der Waals surface area contributed by atoms with Crippen molar-refractivity contribution in [3.8, 4) is 5.75 Å². The lowest BCUT2D eigenvalue weighted by atomic mass is 10.0. The number of ether oxygens (including phenoxy) is 1. The lowest BCUT2D eigenvalue weighted by Crippen LogP contribution is -2.23. The molecule has 2 aromatic rings. The smallest absolute Gasteiger partial charge is 0.143 e. The minimum Gasteiger partial charge on any atom is -0.495 e. The van der Waals surface area contributed by atoms with Crippen LogP contribution in [0.4, 0.5) is 0 Å². The van der Waals surface area contributed by atoms with Gasteiger partial charge in [-0.25, -0.2) is 0 Å². The van der Waals surface area contributed by atoms with Crippen LogP contribution < -0.4 is 10.1 Å². The van der Waals surface area contributed by atoms with Crippen LogP contribution in [0.1, 0.15) is 18.4 Å². The molecule has 0 spiro atoms. The summed E-state index contributed by atoms with van der Waals surface area (Å²) in [5, 5.41) is 5.41. The second kappa shape index (κ2) is 4.82. The second-order valence-corrected chi connectivity index (χ2v) is 5.22. The fourth-order valence-electron chi connectivity index (χ4n) is 2.77. The Morgan fingerprint density at radius 1 is 1.44 bits per heavy atom. The zero-order valence-electron chi connectivity index (χ0n) is 10.4. The lowest BCUT2D eigenvalue weighted by molar-refractivity contribution is 0.419. The van der Waals surface area contributed by atoms with Gasteiger partial charge in [-0.2, -0.15) is 0 Å². The van der Waals surface area contributed by atoms with Gasteiger partial charge in [-0.15, -0.1) is 0 Å². The van der Waals surface area contributed by atoms with Crippen molar-refractivity contribution in [3.05, 3.63) is 28.9 Å². The SMILES string of the molecule is COc1ccc(Cl)c2c(CC3CCCN3)c[nH]c12. The molecule has 1 fully saturated rings. The highest BCUT2D eigenvalue weighted by atomic mass is 35.5. The maximum absolute atomic E-state index is 6.32. The Hall–Kier alpha value is -1.19. The van der Waals surface area contributed by atoms with Gasteiger partial charge in [0.25, 0.3) is 0 Å². The van der Waals surface area contributed by atoms with Crippen molar-refractivity contribution in [2.75, 3.05) is 13.7 Å². The molecule has 18 heavy (non-hydrogen) atoms. The van der Waals surface area contributed by atoms with Crippen LogP contribution in [0.2, 0.25) is 5.02 Å². The predicted octanol–water partition coefficient (Wildman–Crippen LogP) is 3.12. The van der Waals surface area contributed by atoms with E-state index in [1.807, 2.05) is 12.1 Å². The van der Waals surface area contributed by atoms with Crippen LogP contribution in [0.15, 0.2) is 18.3 Å². The zero-order chi connectivity index (χ0) is 12.5. The summed E-state index contributed by atoms with van der Waals surface area (Å²) in [7, 11) is 1.68. The summed E-state index contributed by atoms with van der Waals surface area (Å²) >= 11 is 6.32. The van der Waals surface area contributed by atoms with Gasteiger partial charge in [0, 0.05) is 17.6 Å². The normalized spacial score (nSPS) is 19.6. The first-order valence-electron chi connectivity index (χ1n) is 6.35. The minimum atomic E-state index is 0.575. The van der Waals surface area contributed by atoms with Crippen LogP contribution in [-0.4, -0.2) is 24.7 Å². The number of fused-ring (bicyclic) bond motifs is 1. The monoisotopic (exact) mass is 264 g/mol. The Bertz CT molecular complexity index is 558. The number of halogens is 1. The number of aromatic amines is 1. The van der Waals surface area contributed by atoms with E-state index < -0.39 is 0 Å². The Morgan fingerprint density at radius 2 is 2.33 bits per heavy atom. The van der Waals surface area contributed by atoms with Crippen LogP contribution >= 0.6 is 11.6 Å². The van der Waals surface area contributed by atoms with E-state index in [0.29, 0.717) is 6.04 Å². The quantitative estimate of drug-likeness (QED) is 0.894. The zero-order valence-corrected chi connectivity index (χ0v) is 11.2. The van der Waals surface area contributed by atoms with E-state index in [1.54, 1.807) is 7.11 Å². The minimum absolute atomic E-state index is 0.575. The molecule has 1 aromatic heterocycles. The van der Waals surface area contributed by atoms with E-state index in [0.717, 1.165) is 34.6 Å². The summed E-state index contributed by atoms with van der Waals surface area (Å²) < 4.78 is 5.36. The predicted molar refractivity (Wildman–Crippen MR) is 74.6 cm³/mol. The molecule has 4 heteroatoms. The molecule has 0 bridgehead atoms. The number of benzene rings is 1. The number of methoxy groups -OCH3 is 1. The van der Waals surface area contributed by atoms with Gasteiger partial charge in [-0.05, 0) is 43.5 Å². The average molecular weight is 265 g/mol. The van der Waals surface area contributed by atoms with Crippen molar-refractivity contribution in [1.29, 1.82) is 0 Å². The largest absolute Gasteiger partial charge is 0.495 e. The van der Waals surface area contributed by atoms with Crippen molar-refractivity contribution in [2.24, 2.45) is 0 Å². The summed E-state index contributed by atoms with van der Waals surface area (Å²) in [6.45, 7) is 1.13. The highest BCUT2D eigenvalue weighted by Crippen LogP contribution is 2.34. The number of aromatic nitrogens is 1. The van der Waals surface area contributed by atoms with Crippen molar-refractivity contribution in [1.82, 2.24) is 10.3 Å². The van der Waals surface area contributed by atoms with Crippen molar-refractivity contribution in [2.45, 2.75) is 25.3 Å². The van der Waals surface area contributed by atoms with Gasteiger partial charge in [0.15, 0.2) is 0 Å². The van der Waals surface area contributed by atoms with Gasteiger partial charge in [0.2, 0.25) is 0 Å². The van der Waals surface area contributed by atoms with Gasteiger partial charge < -0.3 is 15.0 Å². The van der Waals surface area contributed by atoms with Crippen LogP contribution in [0.25, 0.3) is 10.9 Å². The third kappa shape index (κ3) is 1.98. The maximum atomic E-state index is 6.32. The number of rotatable bonds is 3. The molecule has 1 aromatic carbocycles. The molecule has 1 atom stereocenters. The first kappa shape index (κ1) is 11.9. The van der Waals surface area contributed by atoms with Crippen molar-refractivity contribution < 1.29 is 4.74 Å². The molecule has 0 aliphatic carbocycles. The van der Waals surface area contributed by atoms with Gasteiger partial charge in [-0.1, -0.05) is 11.6 Å². The standard InChI is InChI=1S/C14H17ClN2O/c1-18-12-5-4-11(15)13-9(8-17-14(12)13)7-10-3-2-6-16-10/h4-5,8,10,16-17H,2-3,6-7H2,1H3. The van der Waals surface area contributed by atoms with Crippen LogP contribution in [0.3, 0.4) is 0 Å². The molecule has 1 aliphatic heterocycles. The molecule has 0 radical (unpaired) electrons. The van der Waals surface area contributed by atoms with Gasteiger partial charge in [-0.3, -0.25) is 0 Å². The third-order valence-corrected chi connectivity index (χ3v) is 3.99. The Labute approximate surface area is 111 Å². The molecule has 0 amide bonds. The molecule has 0 saturated carbocycles. The summed E-state index contributed by atoms with van der Waals surface area (Å²) in [5.74, 6) is 0.847. The van der Waals surface area contributed by atoms with Crippen molar-refractivity contribution in [3.63, 3.8) is 0 Å². The van der Waals surface area contributed by atoms with Crippen LogP contribution in [0.5, 0.6) is 5.75 Å². The fraction of sp³-hybridized carbons (Fsp3) is 0.429. The molecule has 3 rings (SSSR count). The Morgan fingerprint density at radius 3 is 3.06 bits per heavy atom. The number of hydrogen-bond donors (Lipinski definition) is 2. The molecule has 2 N–H and O–H groups in total. The Kier molecular flexibility index (Phi) is 3.18. The van der Waals surface area contributed by atoms with E-state index in [-0.39, 0.29) is 0 Å². The molecule has 3 nitrogen and oxygen atoms in total. The highest BCUT2D eigenvalue weighted by molar-refractivity contribution is 6.36. The summed E-state index contributed by atoms with van der Waals surface area (Å²) in [6.07, 6.45) is 5.59. The van der Waals surface area contributed by atoms with Gasteiger partial charge in [0.1, 0.15) is 5.75 Å². The number of nitrogens with one attached hydrogen (secondary N) is 2. The summed E-state index contributed by atoms with van der Waals surface area (Å²) in [6, 6.07) is 4.38. The van der Waals surface area contributed by atoms with E-state index in [1.165, 1.54) is 18.4 Å². The second-order valence-electron chi connectivity index (χ2n) is 4.81. The van der Waals surface area contributed by atoms with E-state index >= 15 is 0 Å². The van der Waals surface area contributed by atoms with E-state index in [2.05, 4.69) is 16.5 Å². The first-order valence-corrected chi connectivity index (χ1v) is 6.73. The van der Waals surface area contributed by atoms with Crippen LogP contribution in [-0.2, 0) is 6.42 Å². The summed E-state index contributed by atoms with van der Waals surface area (Å²) in [4.78, 5) is 3.29. The molecule has 1 saturated heterocycles. The first-order chi connectivity index (χ1) is 8.79. The molecule has 1 aliphatic rings. The van der Waals surface area contributed by atoms with Gasteiger partial charge >= 0.3 is 0 Å². The van der Waals surface area contributed by atoms with Crippen molar-refractivity contribution >= 4 is 22.5 Å². The number of H-pyrrole nitrogens is 1. The molecular formula is C14H17ClN2O. The topological polar surface area (TPSA) is 37.0 Å². The van der Waals surface area contributed by atoms with Crippen LogP contribution in [0, 0.1) is 0 Å². The van der Waals surface area contributed by atoms with Gasteiger partial charge in [0.05, 0.1) is 17.6 Å². The Balaban J connectivity index is 2.01.